The molecule has 3 rings (SSSR count). The highest BCUT2D eigenvalue weighted by molar-refractivity contribution is 6.43. The topological polar surface area (TPSA) is 56.2 Å². The lowest BCUT2D eigenvalue weighted by Gasteiger charge is -2.09. The lowest BCUT2D eigenvalue weighted by Crippen LogP contribution is -2.14. The summed E-state index contributed by atoms with van der Waals surface area (Å²) in [7, 11) is 0. The summed E-state index contributed by atoms with van der Waals surface area (Å²) in [6, 6.07) is 11.6. The van der Waals surface area contributed by atoms with Gasteiger partial charge >= 0.3 is 0 Å². The minimum Gasteiger partial charge on any atom is -0.470 e. The Bertz CT molecular complexity index is 939. The molecule has 2 aromatic carbocycles. The summed E-state index contributed by atoms with van der Waals surface area (Å²) >= 11 is 24.1. The van der Waals surface area contributed by atoms with Crippen molar-refractivity contribution in [2.45, 2.75) is 6.73 Å². The van der Waals surface area contributed by atoms with E-state index < -0.39 is 5.91 Å². The zero-order valence-corrected chi connectivity index (χ0v) is 16.1. The van der Waals surface area contributed by atoms with Crippen LogP contribution < -0.4 is 10.1 Å². The molecule has 0 atom stereocenters. The smallest absolute Gasteiger partial charge is 0.276 e. The van der Waals surface area contributed by atoms with Gasteiger partial charge in [-0.2, -0.15) is 5.10 Å². The number of hydrogen-bond donors (Lipinski definition) is 1. The molecule has 0 aliphatic carbocycles. The van der Waals surface area contributed by atoms with Gasteiger partial charge in [-0.15, -0.1) is 0 Å². The normalized spacial score (nSPS) is 10.6. The third-order valence-electron chi connectivity index (χ3n) is 3.34. The summed E-state index contributed by atoms with van der Waals surface area (Å²) in [5, 5.41) is 8.17. The van der Waals surface area contributed by atoms with E-state index in [1.54, 1.807) is 48.7 Å². The van der Waals surface area contributed by atoms with Crippen molar-refractivity contribution < 1.29 is 9.53 Å². The molecule has 1 N–H and O–H groups in total. The molecule has 0 fully saturated rings. The Balaban J connectivity index is 1.67. The number of rotatable bonds is 5. The summed E-state index contributed by atoms with van der Waals surface area (Å²) in [6.07, 6.45) is 1.60. The van der Waals surface area contributed by atoms with Crippen LogP contribution in [0.4, 0.5) is 5.69 Å². The van der Waals surface area contributed by atoms with Gasteiger partial charge in [0, 0.05) is 6.20 Å². The first-order valence-electron chi connectivity index (χ1n) is 7.31. The number of benzene rings is 2. The van der Waals surface area contributed by atoms with Crippen LogP contribution in [0.5, 0.6) is 5.75 Å². The van der Waals surface area contributed by atoms with Crippen LogP contribution in [0.2, 0.25) is 20.1 Å². The van der Waals surface area contributed by atoms with E-state index in [0.717, 1.165) is 0 Å². The predicted molar refractivity (Wildman–Crippen MR) is 104 cm³/mol. The third kappa shape index (κ3) is 4.24. The molecule has 9 heteroatoms. The Labute approximate surface area is 169 Å². The Morgan fingerprint density at radius 2 is 1.65 bits per heavy atom. The van der Waals surface area contributed by atoms with Crippen LogP contribution in [0.3, 0.4) is 0 Å². The average Bonchev–Trinajstić information content (AvgIpc) is 3.08. The molecule has 0 unspecified atom stereocenters. The number of anilines is 1. The van der Waals surface area contributed by atoms with Gasteiger partial charge in [0.1, 0.15) is 10.8 Å². The first-order chi connectivity index (χ1) is 12.5. The van der Waals surface area contributed by atoms with Crippen molar-refractivity contribution >= 4 is 58.0 Å². The molecule has 1 heterocycles. The van der Waals surface area contributed by atoms with Gasteiger partial charge in [-0.05, 0) is 30.3 Å². The molecule has 134 valence electrons. The maximum absolute atomic E-state index is 12.3. The van der Waals surface area contributed by atoms with E-state index in [9.17, 15) is 4.79 Å². The van der Waals surface area contributed by atoms with Crippen molar-refractivity contribution in [3.05, 3.63) is 74.4 Å². The Morgan fingerprint density at radius 1 is 1.00 bits per heavy atom. The molecule has 3 aromatic rings. The molecular weight excluding hydrogens is 420 g/mol. The highest BCUT2D eigenvalue weighted by Gasteiger charge is 2.14. The third-order valence-corrected chi connectivity index (χ3v) is 4.77. The highest BCUT2D eigenvalue weighted by atomic mass is 35.5. The van der Waals surface area contributed by atoms with Gasteiger partial charge in [-0.1, -0.05) is 58.5 Å². The minimum atomic E-state index is -0.445. The summed E-state index contributed by atoms with van der Waals surface area (Å²) < 4.78 is 7.01. The van der Waals surface area contributed by atoms with Crippen molar-refractivity contribution in [1.29, 1.82) is 0 Å². The maximum atomic E-state index is 12.3. The summed E-state index contributed by atoms with van der Waals surface area (Å²) in [5.41, 5.74) is 0.513. The van der Waals surface area contributed by atoms with Crippen LogP contribution in [-0.4, -0.2) is 15.7 Å². The van der Waals surface area contributed by atoms with Crippen LogP contribution in [0.1, 0.15) is 10.5 Å². The molecule has 0 spiro atoms. The van der Waals surface area contributed by atoms with Crippen LogP contribution in [0, 0.1) is 0 Å². The SMILES string of the molecule is O=C(Nc1c(Cl)cccc1Cl)c1ccn(COc2cccc(Cl)c2Cl)n1. The molecule has 0 bridgehead atoms. The number of ether oxygens (including phenoxy) is 1. The monoisotopic (exact) mass is 429 g/mol. The molecule has 0 aliphatic rings. The first-order valence-corrected chi connectivity index (χ1v) is 8.82. The highest BCUT2D eigenvalue weighted by Crippen LogP contribution is 2.32. The minimum absolute atomic E-state index is 0.0557. The largest absolute Gasteiger partial charge is 0.470 e. The van der Waals surface area contributed by atoms with Gasteiger partial charge in [0.2, 0.25) is 0 Å². The fourth-order valence-electron chi connectivity index (χ4n) is 2.08. The maximum Gasteiger partial charge on any atom is 0.276 e. The van der Waals surface area contributed by atoms with Crippen LogP contribution >= 0.6 is 46.4 Å². The Kier molecular flexibility index (Phi) is 5.94. The van der Waals surface area contributed by atoms with Crippen molar-refractivity contribution in [2.75, 3.05) is 5.32 Å². The van der Waals surface area contributed by atoms with Crippen LogP contribution in [0.15, 0.2) is 48.7 Å². The van der Waals surface area contributed by atoms with E-state index >= 15 is 0 Å². The number of amides is 1. The van der Waals surface area contributed by atoms with Gasteiger partial charge in [-0.25, -0.2) is 4.68 Å². The molecular formula is C17H11Cl4N3O2. The zero-order chi connectivity index (χ0) is 18.7. The molecule has 0 saturated carbocycles. The van der Waals surface area contributed by atoms with Crippen molar-refractivity contribution in [3.8, 4) is 5.75 Å². The summed E-state index contributed by atoms with van der Waals surface area (Å²) in [5.74, 6) is -0.0249. The summed E-state index contributed by atoms with van der Waals surface area (Å²) in [6.45, 7) is 0.0557. The Hall–Kier alpha value is -1.92. The van der Waals surface area contributed by atoms with E-state index in [-0.39, 0.29) is 12.4 Å². The second kappa shape index (κ2) is 8.18. The standard InChI is InChI=1S/C17H11Cl4N3O2/c18-10-3-2-6-14(15(10)21)26-9-24-8-7-13(23-24)17(25)22-16-11(19)4-1-5-12(16)20/h1-8H,9H2,(H,22,25). The van der Waals surface area contributed by atoms with E-state index in [1.807, 2.05) is 0 Å². The number of hydrogen-bond acceptors (Lipinski definition) is 3. The van der Waals surface area contributed by atoms with Gasteiger partial charge < -0.3 is 10.1 Å². The molecule has 0 radical (unpaired) electrons. The molecule has 1 aromatic heterocycles. The van der Waals surface area contributed by atoms with Crippen LogP contribution in [-0.2, 0) is 6.73 Å². The lowest BCUT2D eigenvalue weighted by molar-refractivity contribution is 0.102. The number of halogens is 4. The number of nitrogens with one attached hydrogen (secondary N) is 1. The van der Waals surface area contributed by atoms with E-state index in [4.69, 9.17) is 51.1 Å². The Morgan fingerprint density at radius 3 is 2.38 bits per heavy atom. The predicted octanol–water partition coefficient (Wildman–Crippen LogP) is 5.79. The molecule has 0 saturated heterocycles. The summed E-state index contributed by atoms with van der Waals surface area (Å²) in [4.78, 5) is 12.3. The number of carbonyl (C=O) groups is 1. The van der Waals surface area contributed by atoms with E-state index in [2.05, 4.69) is 10.4 Å². The molecule has 26 heavy (non-hydrogen) atoms. The molecule has 0 aliphatic heterocycles. The van der Waals surface area contributed by atoms with E-state index in [0.29, 0.717) is 31.5 Å². The fraction of sp³-hybridized carbons (Fsp3) is 0.0588. The molecule has 5 nitrogen and oxygen atoms in total. The lowest BCUT2D eigenvalue weighted by atomic mass is 10.3. The van der Waals surface area contributed by atoms with Crippen molar-refractivity contribution in [2.24, 2.45) is 0 Å². The second-order valence-electron chi connectivity index (χ2n) is 5.12. The number of para-hydroxylation sites is 1. The van der Waals surface area contributed by atoms with E-state index in [1.165, 1.54) is 4.68 Å². The second-order valence-corrected chi connectivity index (χ2v) is 6.72. The number of carbonyl (C=O) groups excluding carboxylic acids is 1. The molecule has 1 amide bonds. The van der Waals surface area contributed by atoms with Gasteiger partial charge in [0.05, 0.1) is 20.8 Å². The number of nitrogens with zero attached hydrogens (tertiary/aromatic N) is 2. The van der Waals surface area contributed by atoms with Crippen molar-refractivity contribution in [3.63, 3.8) is 0 Å². The van der Waals surface area contributed by atoms with Gasteiger partial charge in [0.15, 0.2) is 12.4 Å². The van der Waals surface area contributed by atoms with Gasteiger partial charge in [0.25, 0.3) is 5.91 Å². The van der Waals surface area contributed by atoms with Gasteiger partial charge in [-0.3, -0.25) is 4.79 Å². The fourth-order valence-corrected chi connectivity index (χ4v) is 2.92. The first kappa shape index (κ1) is 18.9. The average molecular weight is 431 g/mol. The quantitative estimate of drug-likeness (QED) is 0.557. The zero-order valence-electron chi connectivity index (χ0n) is 13.0. The number of aromatic nitrogens is 2. The van der Waals surface area contributed by atoms with Crippen molar-refractivity contribution in [1.82, 2.24) is 9.78 Å². The van der Waals surface area contributed by atoms with Crippen LogP contribution in [0.25, 0.3) is 0 Å².